The summed E-state index contributed by atoms with van der Waals surface area (Å²) < 4.78 is 27.7. The first kappa shape index (κ1) is 22.7. The number of hydrogen-bond acceptors (Lipinski definition) is 5. The van der Waals surface area contributed by atoms with E-state index in [1.165, 1.54) is 22.2 Å². The van der Waals surface area contributed by atoms with E-state index >= 15 is 0 Å². The van der Waals surface area contributed by atoms with Gasteiger partial charge in [-0.3, -0.25) is 19.3 Å². The topological polar surface area (TPSA) is 121 Å². The van der Waals surface area contributed by atoms with Gasteiger partial charge < -0.3 is 10.6 Å². The van der Waals surface area contributed by atoms with Crippen LogP contribution in [-0.4, -0.2) is 67.6 Å². The normalized spacial score (nSPS) is 22.6. The Balaban J connectivity index is 1.56. The minimum Gasteiger partial charge on any atom is -0.369 e. The lowest BCUT2D eigenvalue weighted by Gasteiger charge is -2.34. The summed E-state index contributed by atoms with van der Waals surface area (Å²) in [6.07, 6.45) is 4.03. The Hall–Kier alpha value is -2.46. The van der Waals surface area contributed by atoms with E-state index < -0.39 is 16.1 Å². The monoisotopic (exact) mass is 462 g/mol. The summed E-state index contributed by atoms with van der Waals surface area (Å²) in [5.41, 5.74) is 6.65. The summed E-state index contributed by atoms with van der Waals surface area (Å²) in [4.78, 5) is 40.5. The molecule has 0 bridgehead atoms. The lowest BCUT2D eigenvalue weighted by molar-refractivity contribution is -0.137. The third-order valence-corrected chi connectivity index (χ3v) is 8.72. The SMILES string of the molecule is CC(=O)N1c2ccc(S(=O)(=O)N3CCCCC3)cc2CC1C(=O)N1CCC(C(N)=O)CC1. The fourth-order valence-corrected chi connectivity index (χ4v) is 6.59. The second-order valence-corrected chi connectivity index (χ2v) is 10.8. The van der Waals surface area contributed by atoms with Crippen molar-refractivity contribution in [3.05, 3.63) is 23.8 Å². The molecule has 1 aromatic carbocycles. The number of carbonyl (C=O) groups is 3. The van der Waals surface area contributed by atoms with Crippen LogP contribution in [0.1, 0.15) is 44.6 Å². The summed E-state index contributed by atoms with van der Waals surface area (Å²) in [5.74, 6) is -1.02. The first-order valence-electron chi connectivity index (χ1n) is 11.2. The van der Waals surface area contributed by atoms with E-state index in [4.69, 9.17) is 5.73 Å². The molecule has 3 aliphatic heterocycles. The molecule has 4 rings (SSSR count). The standard InChI is InChI=1S/C22H30N4O5S/c1-15(27)26-19-6-5-18(32(30,31)25-9-3-2-4-10-25)13-17(19)14-20(26)22(29)24-11-7-16(8-12-24)21(23)28/h5-6,13,16,20H,2-4,7-12,14H2,1H3,(H2,23,28). The Bertz CT molecular complexity index is 1030. The molecule has 0 aliphatic carbocycles. The van der Waals surface area contributed by atoms with E-state index in [1.807, 2.05) is 0 Å². The first-order chi connectivity index (χ1) is 15.2. The number of nitrogens with two attached hydrogens (primary N) is 1. The van der Waals surface area contributed by atoms with Gasteiger partial charge in [-0.15, -0.1) is 0 Å². The fourth-order valence-electron chi connectivity index (χ4n) is 5.02. The van der Waals surface area contributed by atoms with E-state index in [9.17, 15) is 22.8 Å². The third kappa shape index (κ3) is 4.13. The molecule has 0 aromatic heterocycles. The molecule has 3 aliphatic rings. The number of benzene rings is 1. The van der Waals surface area contributed by atoms with Gasteiger partial charge in [0.2, 0.25) is 27.7 Å². The van der Waals surface area contributed by atoms with Crippen molar-refractivity contribution < 1.29 is 22.8 Å². The van der Waals surface area contributed by atoms with Gasteiger partial charge in [-0.05, 0) is 49.4 Å². The number of fused-ring (bicyclic) bond motifs is 1. The number of rotatable bonds is 4. The number of piperidine rings is 2. The second kappa shape index (κ2) is 8.82. The zero-order valence-electron chi connectivity index (χ0n) is 18.3. The van der Waals surface area contributed by atoms with Gasteiger partial charge in [-0.2, -0.15) is 4.31 Å². The molecule has 2 saturated heterocycles. The van der Waals surface area contributed by atoms with Crippen LogP contribution in [-0.2, 0) is 30.8 Å². The summed E-state index contributed by atoms with van der Waals surface area (Å²) in [6, 6.07) is 4.08. The average Bonchev–Trinajstić information content (AvgIpc) is 3.18. The summed E-state index contributed by atoms with van der Waals surface area (Å²) in [6.45, 7) is 3.27. The van der Waals surface area contributed by atoms with Gasteiger partial charge in [0.05, 0.1) is 4.90 Å². The fraction of sp³-hybridized carbons (Fsp3) is 0.591. The van der Waals surface area contributed by atoms with E-state index in [0.717, 1.165) is 19.3 Å². The summed E-state index contributed by atoms with van der Waals surface area (Å²) in [7, 11) is -3.60. The van der Waals surface area contributed by atoms with Crippen molar-refractivity contribution >= 4 is 33.4 Å². The van der Waals surface area contributed by atoms with Crippen LogP contribution in [0, 0.1) is 5.92 Å². The third-order valence-electron chi connectivity index (χ3n) is 6.82. The molecule has 1 aromatic rings. The molecule has 32 heavy (non-hydrogen) atoms. The molecule has 0 spiro atoms. The number of primary amides is 1. The van der Waals surface area contributed by atoms with Gasteiger partial charge in [0.25, 0.3) is 0 Å². The van der Waals surface area contributed by atoms with Gasteiger partial charge in [-0.25, -0.2) is 8.42 Å². The number of carbonyl (C=O) groups excluding carboxylic acids is 3. The minimum absolute atomic E-state index is 0.181. The second-order valence-electron chi connectivity index (χ2n) is 8.87. The maximum atomic E-state index is 13.3. The highest BCUT2D eigenvalue weighted by atomic mass is 32.2. The highest BCUT2D eigenvalue weighted by molar-refractivity contribution is 7.89. The molecule has 2 fully saturated rings. The summed E-state index contributed by atoms with van der Waals surface area (Å²) in [5, 5.41) is 0. The first-order valence-corrected chi connectivity index (χ1v) is 12.6. The Morgan fingerprint density at radius 3 is 2.25 bits per heavy atom. The number of amides is 3. The zero-order valence-corrected chi connectivity index (χ0v) is 19.1. The predicted molar refractivity (Wildman–Crippen MR) is 118 cm³/mol. The zero-order chi connectivity index (χ0) is 23.0. The van der Waals surface area contributed by atoms with Crippen LogP contribution >= 0.6 is 0 Å². The molecule has 0 radical (unpaired) electrons. The van der Waals surface area contributed by atoms with Crippen LogP contribution in [0.25, 0.3) is 0 Å². The van der Waals surface area contributed by atoms with E-state index in [2.05, 4.69) is 0 Å². The van der Waals surface area contributed by atoms with Crippen molar-refractivity contribution in [3.63, 3.8) is 0 Å². The van der Waals surface area contributed by atoms with Crippen LogP contribution < -0.4 is 10.6 Å². The van der Waals surface area contributed by atoms with Gasteiger partial charge in [0.1, 0.15) is 6.04 Å². The van der Waals surface area contributed by atoms with E-state index in [-0.39, 0.29) is 35.0 Å². The van der Waals surface area contributed by atoms with Crippen molar-refractivity contribution in [2.75, 3.05) is 31.1 Å². The average molecular weight is 463 g/mol. The predicted octanol–water partition coefficient (Wildman–Crippen LogP) is 0.863. The maximum absolute atomic E-state index is 13.3. The molecular weight excluding hydrogens is 432 g/mol. The smallest absolute Gasteiger partial charge is 0.246 e. The van der Waals surface area contributed by atoms with E-state index in [1.54, 1.807) is 17.0 Å². The number of anilines is 1. The van der Waals surface area contributed by atoms with Crippen LogP contribution in [0.5, 0.6) is 0 Å². The van der Waals surface area contributed by atoms with E-state index in [0.29, 0.717) is 50.3 Å². The molecule has 3 heterocycles. The van der Waals surface area contributed by atoms with Crippen molar-refractivity contribution in [2.24, 2.45) is 11.7 Å². The molecule has 174 valence electrons. The van der Waals surface area contributed by atoms with Gasteiger partial charge in [0, 0.05) is 51.1 Å². The lowest BCUT2D eigenvalue weighted by Crippen LogP contribution is -2.51. The van der Waals surface area contributed by atoms with Crippen molar-refractivity contribution in [2.45, 2.75) is 56.4 Å². The van der Waals surface area contributed by atoms with Crippen LogP contribution in [0.2, 0.25) is 0 Å². The molecule has 10 heteroatoms. The lowest BCUT2D eigenvalue weighted by atomic mass is 9.95. The maximum Gasteiger partial charge on any atom is 0.246 e. The molecule has 2 N–H and O–H groups in total. The van der Waals surface area contributed by atoms with Gasteiger partial charge in [-0.1, -0.05) is 6.42 Å². The molecule has 9 nitrogen and oxygen atoms in total. The van der Waals surface area contributed by atoms with Crippen molar-refractivity contribution in [3.8, 4) is 0 Å². The highest BCUT2D eigenvalue weighted by Gasteiger charge is 2.41. The minimum atomic E-state index is -3.60. The Labute approximate surface area is 188 Å². The number of hydrogen-bond donors (Lipinski definition) is 1. The highest BCUT2D eigenvalue weighted by Crippen LogP contribution is 2.36. The van der Waals surface area contributed by atoms with Crippen molar-refractivity contribution in [1.29, 1.82) is 0 Å². The quantitative estimate of drug-likeness (QED) is 0.711. The van der Waals surface area contributed by atoms with Gasteiger partial charge >= 0.3 is 0 Å². The Morgan fingerprint density at radius 1 is 1.00 bits per heavy atom. The summed E-state index contributed by atoms with van der Waals surface area (Å²) >= 11 is 0. The molecule has 1 atom stereocenters. The number of nitrogens with zero attached hydrogens (tertiary/aromatic N) is 3. The molecular formula is C22H30N4O5S. The van der Waals surface area contributed by atoms with Crippen LogP contribution in [0.4, 0.5) is 5.69 Å². The van der Waals surface area contributed by atoms with Crippen LogP contribution in [0.15, 0.2) is 23.1 Å². The van der Waals surface area contributed by atoms with Gasteiger partial charge in [0.15, 0.2) is 0 Å². The Morgan fingerprint density at radius 2 is 1.66 bits per heavy atom. The molecule has 1 unspecified atom stereocenters. The van der Waals surface area contributed by atoms with Crippen molar-refractivity contribution in [1.82, 2.24) is 9.21 Å². The van der Waals surface area contributed by atoms with Crippen LogP contribution in [0.3, 0.4) is 0 Å². The molecule has 0 saturated carbocycles. The number of sulfonamides is 1. The number of likely N-dealkylation sites (tertiary alicyclic amines) is 1. The molecule has 3 amide bonds. The largest absolute Gasteiger partial charge is 0.369 e. The Kier molecular flexibility index (Phi) is 6.26.